The van der Waals surface area contributed by atoms with Crippen molar-refractivity contribution in [3.63, 3.8) is 0 Å². The van der Waals surface area contributed by atoms with E-state index in [1.807, 2.05) is 26.0 Å². The largest absolute Gasteiger partial charge is 0.372 e. The van der Waals surface area contributed by atoms with Crippen molar-refractivity contribution in [2.45, 2.75) is 34.1 Å². The molecule has 2 amide bonds. The number of nitrogens with zero attached hydrogens (tertiary/aromatic N) is 1. The fourth-order valence-corrected chi connectivity index (χ4v) is 1.91. The van der Waals surface area contributed by atoms with Gasteiger partial charge in [-0.25, -0.2) is 0 Å². The minimum absolute atomic E-state index is 0.115. The first-order valence-corrected chi connectivity index (χ1v) is 7.48. The number of hydrogen-bond acceptors (Lipinski definition) is 3. The van der Waals surface area contributed by atoms with Crippen LogP contribution in [0.15, 0.2) is 24.3 Å². The van der Waals surface area contributed by atoms with Crippen molar-refractivity contribution in [3.8, 4) is 0 Å². The summed E-state index contributed by atoms with van der Waals surface area (Å²) >= 11 is 0. The standard InChI is InChI=1S/C16H25N3O2/c1-5-12(4)15(20)17-18-16(21)13-8-10-14(11-9-13)19(6-2)7-3/h8-12H,5-7H2,1-4H3,(H,17,20)(H,18,21)/t12-/m1/s1. The smallest absolute Gasteiger partial charge is 0.269 e. The summed E-state index contributed by atoms with van der Waals surface area (Å²) in [6.07, 6.45) is 0.736. The second-order valence-corrected chi connectivity index (χ2v) is 4.97. The lowest BCUT2D eigenvalue weighted by Gasteiger charge is -2.21. The second kappa shape index (κ2) is 8.29. The molecule has 1 aromatic carbocycles. The fraction of sp³-hybridized carbons (Fsp3) is 0.500. The minimum Gasteiger partial charge on any atom is -0.372 e. The topological polar surface area (TPSA) is 61.4 Å². The monoisotopic (exact) mass is 291 g/mol. The number of carbonyl (C=O) groups excluding carboxylic acids is 2. The van der Waals surface area contributed by atoms with Crippen LogP contribution in [-0.4, -0.2) is 24.9 Å². The first kappa shape index (κ1) is 17.0. The van der Waals surface area contributed by atoms with Crippen LogP contribution >= 0.6 is 0 Å². The van der Waals surface area contributed by atoms with Crippen molar-refractivity contribution in [1.82, 2.24) is 10.9 Å². The summed E-state index contributed by atoms with van der Waals surface area (Å²) in [5.41, 5.74) is 6.49. The van der Waals surface area contributed by atoms with E-state index in [4.69, 9.17) is 0 Å². The SMILES string of the molecule is CC[C@@H](C)C(=O)NNC(=O)c1ccc(N(CC)CC)cc1. The molecule has 1 atom stereocenters. The van der Waals surface area contributed by atoms with Gasteiger partial charge in [-0.05, 0) is 44.5 Å². The van der Waals surface area contributed by atoms with Crippen LogP contribution in [0, 0.1) is 5.92 Å². The normalized spacial score (nSPS) is 11.6. The quantitative estimate of drug-likeness (QED) is 0.791. The van der Waals surface area contributed by atoms with Crippen molar-refractivity contribution in [2.24, 2.45) is 5.92 Å². The van der Waals surface area contributed by atoms with Crippen molar-refractivity contribution in [2.75, 3.05) is 18.0 Å². The van der Waals surface area contributed by atoms with Gasteiger partial charge in [-0.2, -0.15) is 0 Å². The van der Waals surface area contributed by atoms with Gasteiger partial charge in [-0.15, -0.1) is 0 Å². The molecule has 0 saturated carbocycles. The second-order valence-electron chi connectivity index (χ2n) is 4.97. The van der Waals surface area contributed by atoms with E-state index in [0.717, 1.165) is 25.2 Å². The lowest BCUT2D eigenvalue weighted by molar-refractivity contribution is -0.125. The van der Waals surface area contributed by atoms with Crippen molar-refractivity contribution < 1.29 is 9.59 Å². The van der Waals surface area contributed by atoms with Crippen molar-refractivity contribution in [1.29, 1.82) is 0 Å². The van der Waals surface area contributed by atoms with E-state index in [-0.39, 0.29) is 17.7 Å². The third-order valence-electron chi connectivity index (χ3n) is 3.62. The lowest BCUT2D eigenvalue weighted by atomic mass is 10.1. The number of carbonyl (C=O) groups is 2. The molecule has 116 valence electrons. The van der Waals surface area contributed by atoms with Crippen molar-refractivity contribution >= 4 is 17.5 Å². The van der Waals surface area contributed by atoms with E-state index in [1.165, 1.54) is 0 Å². The molecule has 0 fully saturated rings. The van der Waals surface area contributed by atoms with Crippen LogP contribution in [-0.2, 0) is 4.79 Å². The highest BCUT2D eigenvalue weighted by molar-refractivity contribution is 5.95. The molecule has 0 heterocycles. The van der Waals surface area contributed by atoms with Crippen LogP contribution < -0.4 is 15.8 Å². The Hall–Kier alpha value is -2.04. The zero-order valence-electron chi connectivity index (χ0n) is 13.3. The third-order valence-corrected chi connectivity index (χ3v) is 3.62. The fourth-order valence-electron chi connectivity index (χ4n) is 1.91. The third kappa shape index (κ3) is 4.77. The molecule has 1 rings (SSSR count). The van der Waals surface area contributed by atoms with Crippen LogP contribution in [0.5, 0.6) is 0 Å². The molecule has 0 aromatic heterocycles. The Bertz CT molecular complexity index is 467. The summed E-state index contributed by atoms with van der Waals surface area (Å²) in [7, 11) is 0. The number of anilines is 1. The molecular weight excluding hydrogens is 266 g/mol. The summed E-state index contributed by atoms with van der Waals surface area (Å²) in [5.74, 6) is -0.598. The molecule has 0 spiro atoms. The Kier molecular flexibility index (Phi) is 6.72. The molecule has 0 radical (unpaired) electrons. The molecule has 0 aliphatic heterocycles. The van der Waals surface area contributed by atoms with Gasteiger partial charge >= 0.3 is 0 Å². The molecule has 0 unspecified atom stereocenters. The van der Waals surface area contributed by atoms with Gasteiger partial charge in [0.25, 0.3) is 5.91 Å². The Labute approximate surface area is 126 Å². The van der Waals surface area contributed by atoms with E-state index in [2.05, 4.69) is 29.6 Å². The Balaban J connectivity index is 2.61. The Morgan fingerprint density at radius 2 is 1.62 bits per heavy atom. The van der Waals surface area contributed by atoms with Gasteiger partial charge in [0.15, 0.2) is 0 Å². The molecule has 0 bridgehead atoms. The van der Waals surface area contributed by atoms with Crippen LogP contribution in [0.1, 0.15) is 44.5 Å². The molecule has 5 heteroatoms. The molecular formula is C16H25N3O2. The maximum atomic E-state index is 11.9. The average molecular weight is 291 g/mol. The van der Waals surface area contributed by atoms with E-state index < -0.39 is 0 Å². The number of hydrazine groups is 1. The number of rotatable bonds is 6. The van der Waals surface area contributed by atoms with Gasteiger partial charge in [0.2, 0.25) is 5.91 Å². The predicted molar refractivity (Wildman–Crippen MR) is 85.1 cm³/mol. The number of hydrogen-bond donors (Lipinski definition) is 2. The maximum Gasteiger partial charge on any atom is 0.269 e. The summed E-state index contributed by atoms with van der Waals surface area (Å²) in [6, 6.07) is 7.35. The van der Waals surface area contributed by atoms with Gasteiger partial charge in [-0.1, -0.05) is 13.8 Å². The van der Waals surface area contributed by atoms with Crippen LogP contribution in [0.25, 0.3) is 0 Å². The highest BCUT2D eigenvalue weighted by Gasteiger charge is 2.12. The van der Waals surface area contributed by atoms with Crippen molar-refractivity contribution in [3.05, 3.63) is 29.8 Å². The highest BCUT2D eigenvalue weighted by Crippen LogP contribution is 2.14. The van der Waals surface area contributed by atoms with Crippen LogP contribution in [0.3, 0.4) is 0 Å². The van der Waals surface area contributed by atoms with Gasteiger partial charge < -0.3 is 4.90 Å². The number of nitrogens with one attached hydrogen (secondary N) is 2. The summed E-state index contributed by atoms with van der Waals surface area (Å²) < 4.78 is 0. The molecule has 0 aliphatic rings. The van der Waals surface area contributed by atoms with Crippen LogP contribution in [0.4, 0.5) is 5.69 Å². The summed E-state index contributed by atoms with van der Waals surface area (Å²) in [4.78, 5) is 25.7. The average Bonchev–Trinajstić information content (AvgIpc) is 2.53. The molecule has 5 nitrogen and oxygen atoms in total. The van der Waals surface area contributed by atoms with E-state index in [9.17, 15) is 9.59 Å². The van der Waals surface area contributed by atoms with E-state index >= 15 is 0 Å². The lowest BCUT2D eigenvalue weighted by Crippen LogP contribution is -2.43. The van der Waals surface area contributed by atoms with Gasteiger partial charge in [0.1, 0.15) is 0 Å². The van der Waals surface area contributed by atoms with E-state index in [0.29, 0.717) is 5.56 Å². The summed E-state index contributed by atoms with van der Waals surface area (Å²) in [5, 5.41) is 0. The predicted octanol–water partition coefficient (Wildman–Crippen LogP) is 2.34. The van der Waals surface area contributed by atoms with Gasteiger partial charge in [0, 0.05) is 30.3 Å². The maximum absolute atomic E-state index is 11.9. The molecule has 0 saturated heterocycles. The first-order valence-electron chi connectivity index (χ1n) is 7.48. The Morgan fingerprint density at radius 1 is 1.05 bits per heavy atom. The molecule has 1 aromatic rings. The molecule has 0 aliphatic carbocycles. The van der Waals surface area contributed by atoms with Crippen LogP contribution in [0.2, 0.25) is 0 Å². The van der Waals surface area contributed by atoms with Gasteiger partial charge in [0.05, 0.1) is 0 Å². The Morgan fingerprint density at radius 3 is 2.10 bits per heavy atom. The zero-order valence-corrected chi connectivity index (χ0v) is 13.3. The first-order chi connectivity index (χ1) is 10.0. The zero-order chi connectivity index (χ0) is 15.8. The number of benzene rings is 1. The summed E-state index contributed by atoms with van der Waals surface area (Å²) in [6.45, 7) is 9.78. The number of amides is 2. The molecule has 21 heavy (non-hydrogen) atoms. The van der Waals surface area contributed by atoms with E-state index in [1.54, 1.807) is 12.1 Å². The van der Waals surface area contributed by atoms with Gasteiger partial charge in [-0.3, -0.25) is 20.4 Å². The highest BCUT2D eigenvalue weighted by atomic mass is 16.2. The molecule has 2 N–H and O–H groups in total. The minimum atomic E-state index is -0.308.